The fourth-order valence-electron chi connectivity index (χ4n) is 2.35. The van der Waals surface area contributed by atoms with Gasteiger partial charge in [-0.25, -0.2) is 4.39 Å². The molecule has 2 atom stereocenters. The van der Waals surface area contributed by atoms with Crippen LogP contribution in [-0.2, 0) is 11.2 Å². The van der Waals surface area contributed by atoms with Crippen molar-refractivity contribution in [3.63, 3.8) is 0 Å². The van der Waals surface area contributed by atoms with Crippen molar-refractivity contribution in [1.29, 1.82) is 0 Å². The van der Waals surface area contributed by atoms with Crippen molar-refractivity contribution in [3.05, 3.63) is 35.6 Å². The third-order valence-corrected chi connectivity index (χ3v) is 3.38. The zero-order valence-corrected chi connectivity index (χ0v) is 10.2. The molecule has 2 N–H and O–H groups in total. The Balaban J connectivity index is 1.90. The van der Waals surface area contributed by atoms with E-state index in [0.29, 0.717) is 5.56 Å². The average Bonchev–Trinajstić information content (AvgIpc) is 2.35. The molecule has 0 bridgehead atoms. The molecule has 18 heavy (non-hydrogen) atoms. The van der Waals surface area contributed by atoms with Crippen molar-refractivity contribution in [1.82, 2.24) is 5.32 Å². The van der Waals surface area contributed by atoms with Crippen molar-refractivity contribution in [3.8, 4) is 0 Å². The number of nitrogens with one attached hydrogen (secondary N) is 1. The molecule has 1 saturated carbocycles. The molecule has 0 radical (unpaired) electrons. The van der Waals surface area contributed by atoms with Gasteiger partial charge in [-0.3, -0.25) is 4.79 Å². The van der Waals surface area contributed by atoms with E-state index in [1.807, 2.05) is 0 Å². The molecular formula is C14H18FNO2. The molecular weight excluding hydrogens is 233 g/mol. The summed E-state index contributed by atoms with van der Waals surface area (Å²) in [5, 5.41) is 12.5. The number of benzene rings is 1. The molecule has 0 aliphatic heterocycles. The number of aliphatic hydroxyl groups excluding tert-OH is 1. The maximum atomic E-state index is 13.4. The lowest BCUT2D eigenvalue weighted by Gasteiger charge is -2.28. The van der Waals surface area contributed by atoms with Crippen LogP contribution in [0.25, 0.3) is 0 Å². The minimum absolute atomic E-state index is 0.0237. The summed E-state index contributed by atoms with van der Waals surface area (Å²) < 4.78 is 13.4. The number of hydrogen-bond acceptors (Lipinski definition) is 2. The smallest absolute Gasteiger partial charge is 0.224 e. The first-order valence-corrected chi connectivity index (χ1v) is 6.37. The number of aliphatic hydroxyl groups is 1. The van der Waals surface area contributed by atoms with Crippen molar-refractivity contribution in [2.75, 3.05) is 0 Å². The molecule has 1 aliphatic carbocycles. The van der Waals surface area contributed by atoms with Crippen LogP contribution in [-0.4, -0.2) is 23.2 Å². The van der Waals surface area contributed by atoms with Gasteiger partial charge in [0.2, 0.25) is 5.91 Å². The highest BCUT2D eigenvalue weighted by Gasteiger charge is 2.24. The first-order valence-electron chi connectivity index (χ1n) is 6.37. The second kappa shape index (κ2) is 5.96. The molecule has 0 aromatic heterocycles. The molecule has 0 spiro atoms. The first kappa shape index (κ1) is 13.0. The summed E-state index contributed by atoms with van der Waals surface area (Å²) in [6.07, 6.45) is 3.09. The maximum absolute atomic E-state index is 13.4. The number of hydrogen-bond donors (Lipinski definition) is 2. The van der Waals surface area contributed by atoms with E-state index in [9.17, 15) is 14.3 Å². The van der Waals surface area contributed by atoms with Gasteiger partial charge in [-0.1, -0.05) is 31.0 Å². The summed E-state index contributed by atoms with van der Waals surface area (Å²) >= 11 is 0. The molecule has 1 aromatic rings. The van der Waals surface area contributed by atoms with Gasteiger partial charge in [0.05, 0.1) is 18.6 Å². The summed E-state index contributed by atoms with van der Waals surface area (Å²) in [6.45, 7) is 0. The lowest BCUT2D eigenvalue weighted by Crippen LogP contribution is -2.45. The van der Waals surface area contributed by atoms with Crippen molar-refractivity contribution >= 4 is 5.91 Å². The van der Waals surface area contributed by atoms with Gasteiger partial charge in [0, 0.05) is 0 Å². The van der Waals surface area contributed by atoms with Crippen LogP contribution < -0.4 is 5.32 Å². The SMILES string of the molecule is O=C(Cc1ccccc1F)N[C@@H]1CCCC[C@H]1O. The summed E-state index contributed by atoms with van der Waals surface area (Å²) in [5.41, 5.74) is 0.389. The molecule has 1 fully saturated rings. The van der Waals surface area contributed by atoms with Gasteiger partial charge in [0.25, 0.3) is 0 Å². The lowest BCUT2D eigenvalue weighted by molar-refractivity contribution is -0.122. The Kier molecular flexibility index (Phi) is 4.31. The fourth-order valence-corrected chi connectivity index (χ4v) is 2.35. The van der Waals surface area contributed by atoms with Crippen molar-refractivity contribution < 1.29 is 14.3 Å². The van der Waals surface area contributed by atoms with Gasteiger partial charge >= 0.3 is 0 Å². The van der Waals surface area contributed by atoms with Crippen LogP contribution in [0, 0.1) is 5.82 Å². The first-order chi connectivity index (χ1) is 8.66. The highest BCUT2D eigenvalue weighted by molar-refractivity contribution is 5.79. The third-order valence-electron chi connectivity index (χ3n) is 3.38. The molecule has 98 valence electrons. The second-order valence-electron chi connectivity index (χ2n) is 4.79. The Hall–Kier alpha value is -1.42. The van der Waals surface area contributed by atoms with Gasteiger partial charge in [0.1, 0.15) is 5.82 Å². The van der Waals surface area contributed by atoms with E-state index in [1.54, 1.807) is 18.2 Å². The van der Waals surface area contributed by atoms with Crippen molar-refractivity contribution in [2.45, 2.75) is 44.2 Å². The van der Waals surface area contributed by atoms with E-state index in [-0.39, 0.29) is 24.2 Å². The molecule has 1 aromatic carbocycles. The van der Waals surface area contributed by atoms with Crippen LogP contribution in [0.2, 0.25) is 0 Å². The number of rotatable bonds is 3. The Morgan fingerprint density at radius 3 is 2.78 bits per heavy atom. The molecule has 0 unspecified atom stereocenters. The predicted octanol–water partition coefficient (Wildman–Crippen LogP) is 1.79. The quantitative estimate of drug-likeness (QED) is 0.860. The second-order valence-corrected chi connectivity index (χ2v) is 4.79. The molecule has 1 aliphatic rings. The van der Waals surface area contributed by atoms with Gasteiger partial charge in [-0.15, -0.1) is 0 Å². The van der Waals surface area contributed by atoms with E-state index < -0.39 is 6.10 Å². The Labute approximate surface area is 106 Å². The van der Waals surface area contributed by atoms with Crippen LogP contribution in [0.3, 0.4) is 0 Å². The van der Waals surface area contributed by atoms with Crippen LogP contribution in [0.4, 0.5) is 4.39 Å². The van der Waals surface area contributed by atoms with Crippen LogP contribution in [0.5, 0.6) is 0 Å². The molecule has 0 heterocycles. The van der Waals surface area contributed by atoms with E-state index in [4.69, 9.17) is 0 Å². The van der Waals surface area contributed by atoms with Gasteiger partial charge < -0.3 is 10.4 Å². The molecule has 0 saturated heterocycles. The zero-order chi connectivity index (χ0) is 13.0. The maximum Gasteiger partial charge on any atom is 0.224 e. The van der Waals surface area contributed by atoms with E-state index >= 15 is 0 Å². The van der Waals surface area contributed by atoms with Crippen LogP contribution in [0.1, 0.15) is 31.2 Å². The normalized spacial score (nSPS) is 23.7. The molecule has 4 heteroatoms. The molecule has 2 rings (SSSR count). The van der Waals surface area contributed by atoms with E-state index in [1.165, 1.54) is 6.07 Å². The highest BCUT2D eigenvalue weighted by Crippen LogP contribution is 2.18. The van der Waals surface area contributed by atoms with Crippen LogP contribution >= 0.6 is 0 Å². The summed E-state index contributed by atoms with van der Waals surface area (Å²) in [7, 11) is 0. The monoisotopic (exact) mass is 251 g/mol. The average molecular weight is 251 g/mol. The summed E-state index contributed by atoms with van der Waals surface area (Å²) in [4.78, 5) is 11.8. The Morgan fingerprint density at radius 2 is 2.06 bits per heavy atom. The lowest BCUT2D eigenvalue weighted by atomic mass is 9.92. The predicted molar refractivity (Wildman–Crippen MR) is 66.5 cm³/mol. The number of halogens is 1. The summed E-state index contributed by atoms with van der Waals surface area (Å²) in [5.74, 6) is -0.595. The van der Waals surface area contributed by atoms with Gasteiger partial charge in [0.15, 0.2) is 0 Å². The number of carbonyl (C=O) groups excluding carboxylic acids is 1. The number of amides is 1. The zero-order valence-electron chi connectivity index (χ0n) is 10.2. The van der Waals surface area contributed by atoms with Gasteiger partial charge in [-0.2, -0.15) is 0 Å². The standard InChI is InChI=1S/C14H18FNO2/c15-11-6-2-1-5-10(11)9-14(18)16-12-7-3-4-8-13(12)17/h1-2,5-6,12-13,17H,3-4,7-9H2,(H,16,18)/t12-,13-/m1/s1. The molecule has 3 nitrogen and oxygen atoms in total. The molecule has 1 amide bonds. The third kappa shape index (κ3) is 3.29. The fraction of sp³-hybridized carbons (Fsp3) is 0.500. The topological polar surface area (TPSA) is 49.3 Å². The Morgan fingerprint density at radius 1 is 1.33 bits per heavy atom. The highest BCUT2D eigenvalue weighted by atomic mass is 19.1. The van der Waals surface area contributed by atoms with E-state index in [2.05, 4.69) is 5.32 Å². The number of carbonyl (C=O) groups is 1. The minimum atomic E-state index is -0.469. The largest absolute Gasteiger partial charge is 0.391 e. The summed E-state index contributed by atoms with van der Waals surface area (Å²) in [6, 6.07) is 6.07. The van der Waals surface area contributed by atoms with Gasteiger partial charge in [-0.05, 0) is 24.5 Å². The minimum Gasteiger partial charge on any atom is -0.391 e. The Bertz CT molecular complexity index is 422. The van der Waals surface area contributed by atoms with E-state index in [0.717, 1.165) is 25.7 Å². The van der Waals surface area contributed by atoms with Crippen molar-refractivity contribution in [2.24, 2.45) is 0 Å². The van der Waals surface area contributed by atoms with Crippen LogP contribution in [0.15, 0.2) is 24.3 Å².